The number of aromatic nitrogens is 1. The van der Waals surface area contributed by atoms with Crippen molar-refractivity contribution in [1.82, 2.24) is 15.2 Å². The molecule has 1 fully saturated rings. The number of thioether (sulfide) groups is 1. The van der Waals surface area contributed by atoms with Gasteiger partial charge in [0.05, 0.1) is 0 Å². The number of anilines is 1. The monoisotopic (exact) mass is 440 g/mol. The quantitative estimate of drug-likeness (QED) is 0.136. The lowest BCUT2D eigenvalue weighted by Crippen LogP contribution is -2.71. The third-order valence-electron chi connectivity index (χ3n) is 4.09. The number of nitrogens with zero attached hydrogens (tertiary/aromatic N) is 3. The Labute approximate surface area is 172 Å². The Morgan fingerprint density at radius 1 is 1.48 bits per heavy atom. The number of β-lactam (4-membered cyclic amide) rings is 1. The molecule has 2 amide bonds. The molecule has 0 saturated carbocycles. The van der Waals surface area contributed by atoms with Crippen LogP contribution in [0.2, 0.25) is 0 Å². The molecular formula is C15H16N6O6S2. The van der Waals surface area contributed by atoms with E-state index in [0.29, 0.717) is 5.57 Å². The lowest BCUT2D eigenvalue weighted by Gasteiger charge is -2.49. The normalized spacial score (nSPS) is 21.3. The maximum atomic E-state index is 12.6. The summed E-state index contributed by atoms with van der Waals surface area (Å²) in [4.78, 5) is 52.8. The zero-order valence-electron chi connectivity index (χ0n) is 14.9. The van der Waals surface area contributed by atoms with E-state index in [0.717, 1.165) is 16.2 Å². The third-order valence-corrected chi connectivity index (χ3v) is 6.11. The number of carbonyl (C=O) groups is 4. The van der Waals surface area contributed by atoms with Crippen LogP contribution in [0, 0.1) is 0 Å². The Morgan fingerprint density at radius 3 is 2.76 bits per heavy atom. The van der Waals surface area contributed by atoms with Gasteiger partial charge in [-0.2, -0.15) is 5.10 Å². The van der Waals surface area contributed by atoms with Gasteiger partial charge in [0.25, 0.3) is 11.8 Å². The van der Waals surface area contributed by atoms with Crippen molar-refractivity contribution in [2.75, 3.05) is 18.1 Å². The molecule has 0 aromatic carbocycles. The summed E-state index contributed by atoms with van der Waals surface area (Å²) in [6.45, 7) is 0.972. The van der Waals surface area contributed by atoms with Gasteiger partial charge in [-0.05, 0) is 0 Å². The number of thiazole rings is 1. The number of carbonyl (C=O) groups excluding carboxylic acids is 3. The number of hydrogen-bond acceptors (Lipinski definition) is 11. The molecule has 3 rings (SSSR count). The first kappa shape index (κ1) is 20.6. The van der Waals surface area contributed by atoms with Crippen LogP contribution in [0.5, 0.6) is 0 Å². The molecule has 1 aromatic rings. The number of esters is 1. The Balaban J connectivity index is 1.76. The standard InChI is InChI=1S/C15H16N6O6S2/c1-5(22)27-2-6-3-28-13-9(12(24)21(13)10(6)14(25)26)19-11(23)8(20-17)7-4-29-15(16)18-7/h4,9,13H,2-3,17H2,1H3,(H2,16,18)(H,19,23)(H,25,26)/b20-8+/t9-,13-/m1/s1. The fourth-order valence-corrected chi connectivity index (χ4v) is 4.71. The zero-order chi connectivity index (χ0) is 21.3. The van der Waals surface area contributed by atoms with Gasteiger partial charge in [0.1, 0.15) is 29.4 Å². The van der Waals surface area contributed by atoms with Crippen molar-refractivity contribution in [2.24, 2.45) is 10.9 Å². The number of amides is 2. The first-order chi connectivity index (χ1) is 13.7. The fraction of sp³-hybridized carbons (Fsp3) is 0.333. The predicted octanol–water partition coefficient (Wildman–Crippen LogP) is -1.31. The average molecular weight is 440 g/mol. The Bertz CT molecular complexity index is 957. The van der Waals surface area contributed by atoms with E-state index in [1.54, 1.807) is 0 Å². The van der Waals surface area contributed by atoms with Crippen molar-refractivity contribution in [3.63, 3.8) is 0 Å². The van der Waals surface area contributed by atoms with Gasteiger partial charge in [0.2, 0.25) is 0 Å². The zero-order valence-corrected chi connectivity index (χ0v) is 16.6. The summed E-state index contributed by atoms with van der Waals surface area (Å²) >= 11 is 2.34. The second kappa shape index (κ2) is 8.08. The van der Waals surface area contributed by atoms with E-state index in [2.05, 4.69) is 15.4 Å². The van der Waals surface area contributed by atoms with Gasteiger partial charge in [0, 0.05) is 23.6 Å². The SMILES string of the molecule is CC(=O)OCC1=C(C(=O)O)N2C(=O)[C@@H](NC(=O)/C(=N/N)c3csc(N)n3)[C@H]2SC1. The third kappa shape index (κ3) is 3.88. The molecule has 0 radical (unpaired) electrons. The Hall–Kier alpha value is -3.13. The highest BCUT2D eigenvalue weighted by Crippen LogP contribution is 2.40. The van der Waals surface area contributed by atoms with Crippen LogP contribution in [0.3, 0.4) is 0 Å². The van der Waals surface area contributed by atoms with E-state index < -0.39 is 35.2 Å². The summed E-state index contributed by atoms with van der Waals surface area (Å²) in [6.07, 6.45) is 0. The first-order valence-electron chi connectivity index (χ1n) is 8.08. The highest BCUT2D eigenvalue weighted by atomic mass is 32.2. The van der Waals surface area contributed by atoms with Gasteiger partial charge in [-0.1, -0.05) is 0 Å². The molecule has 29 heavy (non-hydrogen) atoms. The molecule has 0 bridgehead atoms. The van der Waals surface area contributed by atoms with Gasteiger partial charge in [-0.3, -0.25) is 19.3 Å². The van der Waals surface area contributed by atoms with Crippen molar-refractivity contribution in [3.05, 3.63) is 22.3 Å². The van der Waals surface area contributed by atoms with Crippen LogP contribution in [0.15, 0.2) is 21.8 Å². The second-order valence-electron chi connectivity index (χ2n) is 5.95. The van der Waals surface area contributed by atoms with Crippen molar-refractivity contribution >= 4 is 57.7 Å². The van der Waals surface area contributed by atoms with Gasteiger partial charge in [-0.15, -0.1) is 23.1 Å². The van der Waals surface area contributed by atoms with Crippen LogP contribution in [0.25, 0.3) is 0 Å². The minimum Gasteiger partial charge on any atom is -0.477 e. The number of carboxylic acids is 1. The highest BCUT2D eigenvalue weighted by molar-refractivity contribution is 8.00. The molecule has 12 nitrogen and oxygen atoms in total. The molecule has 2 atom stereocenters. The lowest BCUT2D eigenvalue weighted by atomic mass is 10.0. The van der Waals surface area contributed by atoms with E-state index in [4.69, 9.17) is 16.3 Å². The van der Waals surface area contributed by atoms with E-state index in [9.17, 15) is 24.3 Å². The van der Waals surface area contributed by atoms with Gasteiger partial charge in [-0.25, -0.2) is 9.78 Å². The summed E-state index contributed by atoms with van der Waals surface area (Å²) in [5, 5.41) is 16.5. The summed E-state index contributed by atoms with van der Waals surface area (Å²) in [5.41, 5.74) is 5.57. The fourth-order valence-electron chi connectivity index (χ4n) is 2.83. The summed E-state index contributed by atoms with van der Waals surface area (Å²) in [7, 11) is 0. The Kier molecular flexibility index (Phi) is 5.74. The average Bonchev–Trinajstić information content (AvgIpc) is 3.09. The van der Waals surface area contributed by atoms with E-state index in [1.165, 1.54) is 24.1 Å². The smallest absolute Gasteiger partial charge is 0.352 e. The molecule has 1 saturated heterocycles. The van der Waals surface area contributed by atoms with Crippen molar-refractivity contribution < 1.29 is 29.0 Å². The highest BCUT2D eigenvalue weighted by Gasteiger charge is 2.54. The van der Waals surface area contributed by atoms with E-state index in [-0.39, 0.29) is 34.6 Å². The predicted molar refractivity (Wildman–Crippen MR) is 104 cm³/mol. The largest absolute Gasteiger partial charge is 0.477 e. The van der Waals surface area contributed by atoms with Crippen molar-refractivity contribution in [1.29, 1.82) is 0 Å². The lowest BCUT2D eigenvalue weighted by molar-refractivity contribution is -0.150. The summed E-state index contributed by atoms with van der Waals surface area (Å²) in [5.74, 6) is 2.27. The van der Waals surface area contributed by atoms with E-state index >= 15 is 0 Å². The molecule has 2 aliphatic rings. The van der Waals surface area contributed by atoms with Crippen LogP contribution >= 0.6 is 23.1 Å². The van der Waals surface area contributed by atoms with Crippen molar-refractivity contribution in [2.45, 2.75) is 18.3 Å². The number of rotatable bonds is 6. The first-order valence-corrected chi connectivity index (χ1v) is 10.0. The summed E-state index contributed by atoms with van der Waals surface area (Å²) in [6, 6.07) is -0.968. The molecule has 2 aliphatic heterocycles. The van der Waals surface area contributed by atoms with Crippen LogP contribution in [0.4, 0.5) is 5.13 Å². The molecule has 3 heterocycles. The number of hydrazone groups is 1. The molecule has 1 aromatic heterocycles. The maximum Gasteiger partial charge on any atom is 0.352 e. The molecule has 0 unspecified atom stereocenters. The molecule has 0 aliphatic carbocycles. The maximum absolute atomic E-state index is 12.6. The van der Waals surface area contributed by atoms with E-state index in [1.807, 2.05) is 0 Å². The number of aliphatic carboxylic acids is 1. The minimum atomic E-state index is -1.32. The summed E-state index contributed by atoms with van der Waals surface area (Å²) < 4.78 is 4.87. The molecule has 0 spiro atoms. The minimum absolute atomic E-state index is 0.169. The topological polar surface area (TPSA) is 190 Å². The molecule has 6 N–H and O–H groups in total. The molecule has 14 heteroatoms. The molecular weight excluding hydrogens is 424 g/mol. The number of nitrogens with two attached hydrogens (primary N) is 2. The molecule has 154 valence electrons. The van der Waals surface area contributed by atoms with Crippen LogP contribution in [0.1, 0.15) is 12.6 Å². The number of hydrogen-bond donors (Lipinski definition) is 4. The number of ether oxygens (including phenoxy) is 1. The van der Waals surface area contributed by atoms with Crippen LogP contribution in [-0.4, -0.2) is 68.2 Å². The van der Waals surface area contributed by atoms with Gasteiger partial charge in [0.15, 0.2) is 10.8 Å². The number of carboxylic acid groups (broad SMARTS) is 1. The van der Waals surface area contributed by atoms with Gasteiger partial charge < -0.3 is 26.7 Å². The van der Waals surface area contributed by atoms with Crippen LogP contribution < -0.4 is 16.9 Å². The number of nitrogen functional groups attached to an aromatic ring is 1. The number of fused-ring (bicyclic) bond motifs is 1. The second-order valence-corrected chi connectivity index (χ2v) is 7.94. The number of nitrogens with one attached hydrogen (secondary N) is 1. The van der Waals surface area contributed by atoms with Gasteiger partial charge >= 0.3 is 11.9 Å². The Morgan fingerprint density at radius 2 is 2.21 bits per heavy atom. The van der Waals surface area contributed by atoms with Crippen LogP contribution in [-0.2, 0) is 23.9 Å². The van der Waals surface area contributed by atoms with Crippen molar-refractivity contribution in [3.8, 4) is 0 Å².